The first-order valence-corrected chi connectivity index (χ1v) is 7.08. The molecule has 0 radical (unpaired) electrons. The summed E-state index contributed by atoms with van der Waals surface area (Å²) in [6.07, 6.45) is 4.87. The molecule has 0 spiro atoms. The molecule has 0 aliphatic carbocycles. The molecule has 0 amide bonds. The van der Waals surface area contributed by atoms with Crippen molar-refractivity contribution in [3.8, 4) is 17.1 Å². The molecule has 1 aromatic heterocycles. The van der Waals surface area contributed by atoms with Crippen LogP contribution in [-0.2, 0) is 6.54 Å². The summed E-state index contributed by atoms with van der Waals surface area (Å²) in [7, 11) is 0. The number of nitrogens with zero attached hydrogens (tertiary/aromatic N) is 2. The third-order valence-electron chi connectivity index (χ3n) is 2.86. The molecular formula is C16H21N3O. The van der Waals surface area contributed by atoms with E-state index >= 15 is 0 Å². The van der Waals surface area contributed by atoms with Crippen molar-refractivity contribution in [2.24, 2.45) is 0 Å². The predicted molar refractivity (Wildman–Crippen MR) is 80.6 cm³/mol. The first-order valence-electron chi connectivity index (χ1n) is 7.08. The van der Waals surface area contributed by atoms with Gasteiger partial charge in [0.2, 0.25) is 0 Å². The van der Waals surface area contributed by atoms with Gasteiger partial charge in [-0.15, -0.1) is 0 Å². The summed E-state index contributed by atoms with van der Waals surface area (Å²) in [6.45, 7) is 6.61. The minimum absolute atomic E-state index is 0.659. The molecule has 1 N–H and O–H groups in total. The van der Waals surface area contributed by atoms with Gasteiger partial charge in [-0.1, -0.05) is 19.1 Å². The van der Waals surface area contributed by atoms with Crippen molar-refractivity contribution >= 4 is 0 Å². The highest BCUT2D eigenvalue weighted by Crippen LogP contribution is 2.20. The fourth-order valence-electron chi connectivity index (χ4n) is 1.90. The second-order valence-electron chi connectivity index (χ2n) is 4.55. The number of hydrogen-bond acceptors (Lipinski definition) is 4. The van der Waals surface area contributed by atoms with Crippen LogP contribution in [0.1, 0.15) is 25.8 Å². The van der Waals surface area contributed by atoms with E-state index in [0.717, 1.165) is 42.2 Å². The SMILES string of the molecule is CCCNCc1cnc(-c2cccc(OCC)c2)nc1. The fourth-order valence-corrected chi connectivity index (χ4v) is 1.90. The molecule has 0 saturated carbocycles. The third-order valence-corrected chi connectivity index (χ3v) is 2.86. The Morgan fingerprint density at radius 1 is 1.15 bits per heavy atom. The predicted octanol–water partition coefficient (Wildman–Crippen LogP) is 3.04. The van der Waals surface area contributed by atoms with E-state index in [-0.39, 0.29) is 0 Å². The summed E-state index contributed by atoms with van der Waals surface area (Å²) in [6, 6.07) is 7.86. The molecule has 0 atom stereocenters. The minimum atomic E-state index is 0.659. The number of nitrogens with one attached hydrogen (secondary N) is 1. The van der Waals surface area contributed by atoms with Crippen LogP contribution in [0.15, 0.2) is 36.7 Å². The molecule has 0 saturated heterocycles. The Balaban J connectivity index is 2.07. The lowest BCUT2D eigenvalue weighted by Gasteiger charge is -2.06. The zero-order chi connectivity index (χ0) is 14.2. The summed E-state index contributed by atoms with van der Waals surface area (Å²) >= 11 is 0. The Labute approximate surface area is 120 Å². The number of aromatic nitrogens is 2. The van der Waals surface area contributed by atoms with Crippen molar-refractivity contribution in [2.75, 3.05) is 13.2 Å². The molecule has 20 heavy (non-hydrogen) atoms. The smallest absolute Gasteiger partial charge is 0.159 e. The topological polar surface area (TPSA) is 47.0 Å². The maximum Gasteiger partial charge on any atom is 0.159 e. The molecule has 0 fully saturated rings. The highest BCUT2D eigenvalue weighted by Gasteiger charge is 2.03. The number of benzene rings is 1. The molecule has 2 rings (SSSR count). The highest BCUT2D eigenvalue weighted by atomic mass is 16.5. The van der Waals surface area contributed by atoms with Crippen LogP contribution in [0.2, 0.25) is 0 Å². The Bertz CT molecular complexity index is 526. The number of hydrogen-bond donors (Lipinski definition) is 1. The van der Waals surface area contributed by atoms with E-state index in [0.29, 0.717) is 6.61 Å². The van der Waals surface area contributed by atoms with Crippen molar-refractivity contribution in [1.29, 1.82) is 0 Å². The van der Waals surface area contributed by atoms with Crippen LogP contribution in [0.3, 0.4) is 0 Å². The Kier molecular flexibility index (Phi) is 5.50. The fraction of sp³-hybridized carbons (Fsp3) is 0.375. The Morgan fingerprint density at radius 3 is 2.65 bits per heavy atom. The second-order valence-corrected chi connectivity index (χ2v) is 4.55. The maximum atomic E-state index is 5.49. The normalized spacial score (nSPS) is 10.5. The van der Waals surface area contributed by atoms with Crippen LogP contribution in [0.5, 0.6) is 5.75 Å². The van der Waals surface area contributed by atoms with E-state index in [9.17, 15) is 0 Å². The molecule has 0 aliphatic rings. The van der Waals surface area contributed by atoms with Crippen molar-refractivity contribution < 1.29 is 4.74 Å². The average Bonchev–Trinajstić information content (AvgIpc) is 2.49. The van der Waals surface area contributed by atoms with Crippen LogP contribution < -0.4 is 10.1 Å². The van der Waals surface area contributed by atoms with Crippen LogP contribution in [-0.4, -0.2) is 23.1 Å². The summed E-state index contributed by atoms with van der Waals surface area (Å²) in [5, 5.41) is 3.34. The lowest BCUT2D eigenvalue weighted by atomic mass is 10.2. The summed E-state index contributed by atoms with van der Waals surface area (Å²) in [5.74, 6) is 1.58. The maximum absolute atomic E-state index is 5.49. The second kappa shape index (κ2) is 7.60. The van der Waals surface area contributed by atoms with Gasteiger partial charge in [0.25, 0.3) is 0 Å². The number of rotatable bonds is 7. The van der Waals surface area contributed by atoms with Gasteiger partial charge in [0.05, 0.1) is 6.61 Å². The van der Waals surface area contributed by atoms with Crippen LogP contribution in [0, 0.1) is 0 Å². The quantitative estimate of drug-likeness (QED) is 0.786. The zero-order valence-electron chi connectivity index (χ0n) is 12.1. The van der Waals surface area contributed by atoms with Crippen molar-refractivity contribution in [3.63, 3.8) is 0 Å². The Morgan fingerprint density at radius 2 is 1.95 bits per heavy atom. The summed E-state index contributed by atoms with van der Waals surface area (Å²) < 4.78 is 5.49. The van der Waals surface area contributed by atoms with E-state index in [4.69, 9.17) is 4.74 Å². The average molecular weight is 271 g/mol. The first kappa shape index (κ1) is 14.5. The van der Waals surface area contributed by atoms with E-state index in [2.05, 4.69) is 22.2 Å². The van der Waals surface area contributed by atoms with Gasteiger partial charge in [0.15, 0.2) is 5.82 Å². The first-order chi connectivity index (χ1) is 9.83. The molecule has 1 aromatic carbocycles. The summed E-state index contributed by atoms with van der Waals surface area (Å²) in [5.41, 5.74) is 2.08. The molecule has 106 valence electrons. The molecule has 4 heteroatoms. The molecule has 0 unspecified atom stereocenters. The molecule has 2 aromatic rings. The lowest BCUT2D eigenvalue weighted by Crippen LogP contribution is -2.14. The van der Waals surface area contributed by atoms with Crippen LogP contribution >= 0.6 is 0 Å². The lowest BCUT2D eigenvalue weighted by molar-refractivity contribution is 0.340. The van der Waals surface area contributed by atoms with Gasteiger partial charge in [0, 0.05) is 30.1 Å². The van der Waals surface area contributed by atoms with Gasteiger partial charge < -0.3 is 10.1 Å². The largest absolute Gasteiger partial charge is 0.494 e. The zero-order valence-corrected chi connectivity index (χ0v) is 12.1. The standard InChI is InChI=1S/C16H21N3O/c1-3-8-17-10-13-11-18-16(19-12-13)14-6-5-7-15(9-14)20-4-2/h5-7,9,11-12,17H,3-4,8,10H2,1-2H3. The Hall–Kier alpha value is -1.94. The van der Waals surface area contributed by atoms with Gasteiger partial charge in [-0.05, 0) is 32.0 Å². The molecule has 0 bridgehead atoms. The van der Waals surface area contributed by atoms with E-state index < -0.39 is 0 Å². The minimum Gasteiger partial charge on any atom is -0.494 e. The molecule has 0 aliphatic heterocycles. The van der Waals surface area contributed by atoms with Crippen LogP contribution in [0.25, 0.3) is 11.4 Å². The number of ether oxygens (including phenoxy) is 1. The van der Waals surface area contributed by atoms with E-state index in [1.807, 2.05) is 43.6 Å². The van der Waals surface area contributed by atoms with Gasteiger partial charge in [0.1, 0.15) is 5.75 Å². The van der Waals surface area contributed by atoms with Crippen molar-refractivity contribution in [2.45, 2.75) is 26.8 Å². The van der Waals surface area contributed by atoms with Gasteiger partial charge in [-0.2, -0.15) is 0 Å². The van der Waals surface area contributed by atoms with Crippen LogP contribution in [0.4, 0.5) is 0 Å². The molecule has 1 heterocycles. The highest BCUT2D eigenvalue weighted by molar-refractivity contribution is 5.57. The van der Waals surface area contributed by atoms with Gasteiger partial charge in [-0.25, -0.2) is 9.97 Å². The molecular weight excluding hydrogens is 250 g/mol. The molecule has 4 nitrogen and oxygen atoms in total. The van der Waals surface area contributed by atoms with Gasteiger partial charge >= 0.3 is 0 Å². The summed E-state index contributed by atoms with van der Waals surface area (Å²) in [4.78, 5) is 8.84. The van der Waals surface area contributed by atoms with Gasteiger partial charge in [-0.3, -0.25) is 0 Å². The monoisotopic (exact) mass is 271 g/mol. The van der Waals surface area contributed by atoms with Crippen molar-refractivity contribution in [3.05, 3.63) is 42.2 Å². The van der Waals surface area contributed by atoms with E-state index in [1.165, 1.54) is 0 Å². The third kappa shape index (κ3) is 4.03. The van der Waals surface area contributed by atoms with Crippen molar-refractivity contribution in [1.82, 2.24) is 15.3 Å². The van der Waals surface area contributed by atoms with E-state index in [1.54, 1.807) is 0 Å².